The van der Waals surface area contributed by atoms with Crippen LogP contribution >= 0.6 is 0 Å². The van der Waals surface area contributed by atoms with Crippen molar-refractivity contribution >= 4 is 11.9 Å². The average molecular weight is 278 g/mol. The lowest BCUT2D eigenvalue weighted by atomic mass is 9.91. The standard InChI is InChI=1S/C14H22N4O2/c1-3-20-13(19)10-8-16-14(17-9(10)2)18-12-7-5-4-6-11(12)15/h8,11-12H,3-7,15H2,1-2H3,(H,16,17,18). The number of anilines is 1. The van der Waals surface area contributed by atoms with Crippen molar-refractivity contribution in [3.05, 3.63) is 17.5 Å². The van der Waals surface area contributed by atoms with Crippen molar-refractivity contribution in [1.29, 1.82) is 0 Å². The van der Waals surface area contributed by atoms with E-state index in [1.807, 2.05) is 0 Å². The summed E-state index contributed by atoms with van der Waals surface area (Å²) in [7, 11) is 0. The van der Waals surface area contributed by atoms with Gasteiger partial charge in [0.25, 0.3) is 0 Å². The normalized spacial score (nSPS) is 22.4. The molecule has 0 saturated heterocycles. The molecule has 1 heterocycles. The number of aryl methyl sites for hydroxylation is 1. The molecule has 3 N–H and O–H groups in total. The highest BCUT2D eigenvalue weighted by Crippen LogP contribution is 2.20. The van der Waals surface area contributed by atoms with Crippen molar-refractivity contribution in [2.45, 2.75) is 51.6 Å². The third kappa shape index (κ3) is 3.45. The predicted molar refractivity (Wildman–Crippen MR) is 76.6 cm³/mol. The SMILES string of the molecule is CCOC(=O)c1cnc(NC2CCCCC2N)nc1C. The summed E-state index contributed by atoms with van der Waals surface area (Å²) in [6.45, 7) is 3.89. The number of rotatable bonds is 4. The molecule has 0 spiro atoms. The van der Waals surface area contributed by atoms with Gasteiger partial charge in [-0.1, -0.05) is 12.8 Å². The number of ether oxygens (including phenoxy) is 1. The first-order valence-corrected chi connectivity index (χ1v) is 7.14. The second kappa shape index (κ2) is 6.65. The first-order chi connectivity index (χ1) is 9.61. The van der Waals surface area contributed by atoms with E-state index in [1.54, 1.807) is 13.8 Å². The maximum Gasteiger partial charge on any atom is 0.341 e. The molecular formula is C14H22N4O2. The number of carbonyl (C=O) groups excluding carboxylic acids is 1. The summed E-state index contributed by atoms with van der Waals surface area (Å²) in [6.07, 6.45) is 5.92. The van der Waals surface area contributed by atoms with Crippen LogP contribution in [0.2, 0.25) is 0 Å². The Balaban J connectivity index is 2.06. The first-order valence-electron chi connectivity index (χ1n) is 7.14. The van der Waals surface area contributed by atoms with E-state index in [0.29, 0.717) is 23.8 Å². The summed E-state index contributed by atoms with van der Waals surface area (Å²) in [5.41, 5.74) is 7.11. The lowest BCUT2D eigenvalue weighted by Crippen LogP contribution is -2.43. The van der Waals surface area contributed by atoms with E-state index >= 15 is 0 Å². The van der Waals surface area contributed by atoms with Crippen LogP contribution in [0, 0.1) is 6.92 Å². The molecule has 2 unspecified atom stereocenters. The zero-order valence-corrected chi connectivity index (χ0v) is 12.1. The molecule has 1 aliphatic rings. The maximum absolute atomic E-state index is 11.7. The molecule has 0 aliphatic heterocycles. The molecule has 1 aromatic rings. The average Bonchev–Trinajstić information content (AvgIpc) is 2.42. The van der Waals surface area contributed by atoms with E-state index in [1.165, 1.54) is 19.0 Å². The Morgan fingerprint density at radius 1 is 1.50 bits per heavy atom. The quantitative estimate of drug-likeness (QED) is 0.814. The molecule has 110 valence electrons. The van der Waals surface area contributed by atoms with E-state index in [0.717, 1.165) is 12.8 Å². The van der Waals surface area contributed by atoms with Gasteiger partial charge in [0, 0.05) is 18.3 Å². The van der Waals surface area contributed by atoms with E-state index < -0.39 is 0 Å². The lowest BCUT2D eigenvalue weighted by Gasteiger charge is -2.29. The predicted octanol–water partition coefficient (Wildman–Crippen LogP) is 1.64. The Morgan fingerprint density at radius 3 is 2.90 bits per heavy atom. The third-order valence-electron chi connectivity index (χ3n) is 3.61. The molecule has 0 radical (unpaired) electrons. The van der Waals surface area contributed by atoms with Gasteiger partial charge in [-0.15, -0.1) is 0 Å². The Labute approximate surface area is 119 Å². The van der Waals surface area contributed by atoms with Crippen molar-refractivity contribution in [2.75, 3.05) is 11.9 Å². The molecule has 6 nitrogen and oxygen atoms in total. The fourth-order valence-electron chi connectivity index (χ4n) is 2.45. The van der Waals surface area contributed by atoms with Gasteiger partial charge in [-0.25, -0.2) is 14.8 Å². The second-order valence-electron chi connectivity index (χ2n) is 5.11. The summed E-state index contributed by atoms with van der Waals surface area (Å²) in [4.78, 5) is 20.2. The molecule has 0 bridgehead atoms. The van der Waals surface area contributed by atoms with Crippen LogP contribution in [0.25, 0.3) is 0 Å². The molecule has 2 atom stereocenters. The van der Waals surface area contributed by atoms with Gasteiger partial charge in [-0.3, -0.25) is 0 Å². The highest BCUT2D eigenvalue weighted by molar-refractivity contribution is 5.90. The fraction of sp³-hybridized carbons (Fsp3) is 0.643. The molecule has 0 amide bonds. The van der Waals surface area contributed by atoms with Gasteiger partial charge in [0.15, 0.2) is 0 Å². The molecule has 6 heteroatoms. The van der Waals surface area contributed by atoms with Gasteiger partial charge in [0.05, 0.1) is 17.9 Å². The van der Waals surface area contributed by atoms with Gasteiger partial charge in [0.1, 0.15) is 0 Å². The Morgan fingerprint density at radius 2 is 2.25 bits per heavy atom. The number of nitrogens with one attached hydrogen (secondary N) is 1. The zero-order chi connectivity index (χ0) is 14.5. The van der Waals surface area contributed by atoms with Crippen molar-refractivity contribution < 1.29 is 9.53 Å². The van der Waals surface area contributed by atoms with Gasteiger partial charge < -0.3 is 15.8 Å². The van der Waals surface area contributed by atoms with Crippen molar-refractivity contribution in [3.8, 4) is 0 Å². The summed E-state index contributed by atoms with van der Waals surface area (Å²) in [6, 6.07) is 0.342. The molecular weight excluding hydrogens is 256 g/mol. The molecule has 2 rings (SSSR count). The number of nitrogens with zero attached hydrogens (tertiary/aromatic N) is 2. The van der Waals surface area contributed by atoms with Crippen LogP contribution in [0.4, 0.5) is 5.95 Å². The van der Waals surface area contributed by atoms with Gasteiger partial charge in [-0.05, 0) is 26.7 Å². The van der Waals surface area contributed by atoms with Crippen molar-refractivity contribution in [2.24, 2.45) is 5.73 Å². The second-order valence-corrected chi connectivity index (χ2v) is 5.11. The molecule has 0 aromatic carbocycles. The smallest absolute Gasteiger partial charge is 0.341 e. The first kappa shape index (κ1) is 14.7. The maximum atomic E-state index is 11.7. The Kier molecular flexibility index (Phi) is 4.89. The molecule has 1 fully saturated rings. The van der Waals surface area contributed by atoms with E-state index in [4.69, 9.17) is 10.5 Å². The highest BCUT2D eigenvalue weighted by Gasteiger charge is 2.22. The summed E-state index contributed by atoms with van der Waals surface area (Å²) < 4.78 is 4.96. The fourth-order valence-corrected chi connectivity index (χ4v) is 2.45. The van der Waals surface area contributed by atoms with Crippen LogP contribution in [0.5, 0.6) is 0 Å². The number of hydrogen-bond donors (Lipinski definition) is 2. The minimum Gasteiger partial charge on any atom is -0.462 e. The monoisotopic (exact) mass is 278 g/mol. The van der Waals surface area contributed by atoms with Gasteiger partial charge in [0.2, 0.25) is 5.95 Å². The van der Waals surface area contributed by atoms with Crippen LogP contribution in [0.3, 0.4) is 0 Å². The number of carbonyl (C=O) groups is 1. The molecule has 1 saturated carbocycles. The van der Waals surface area contributed by atoms with Crippen LogP contribution in [-0.2, 0) is 4.74 Å². The van der Waals surface area contributed by atoms with Crippen molar-refractivity contribution in [1.82, 2.24) is 9.97 Å². The minimum atomic E-state index is -0.383. The van der Waals surface area contributed by atoms with Crippen LogP contribution in [0.1, 0.15) is 48.7 Å². The van der Waals surface area contributed by atoms with Gasteiger partial charge >= 0.3 is 5.97 Å². The summed E-state index contributed by atoms with van der Waals surface area (Å²) in [5, 5.41) is 3.27. The molecule has 1 aliphatic carbocycles. The number of esters is 1. The van der Waals surface area contributed by atoms with Gasteiger partial charge in [-0.2, -0.15) is 0 Å². The lowest BCUT2D eigenvalue weighted by molar-refractivity contribution is 0.0524. The molecule has 1 aromatic heterocycles. The topological polar surface area (TPSA) is 90.1 Å². The third-order valence-corrected chi connectivity index (χ3v) is 3.61. The Bertz CT molecular complexity index is 478. The number of aromatic nitrogens is 2. The van der Waals surface area contributed by atoms with Crippen molar-refractivity contribution in [3.63, 3.8) is 0 Å². The van der Waals surface area contributed by atoms with Crippen LogP contribution in [-0.4, -0.2) is 34.6 Å². The number of nitrogens with two attached hydrogens (primary N) is 1. The van der Waals surface area contributed by atoms with Crippen LogP contribution < -0.4 is 11.1 Å². The van der Waals surface area contributed by atoms with E-state index in [-0.39, 0.29) is 18.1 Å². The summed E-state index contributed by atoms with van der Waals surface area (Å²) in [5.74, 6) is 0.142. The van der Waals surface area contributed by atoms with Crippen LogP contribution in [0.15, 0.2) is 6.20 Å². The highest BCUT2D eigenvalue weighted by atomic mass is 16.5. The molecule has 20 heavy (non-hydrogen) atoms. The largest absolute Gasteiger partial charge is 0.462 e. The zero-order valence-electron chi connectivity index (χ0n) is 12.1. The minimum absolute atomic E-state index is 0.136. The summed E-state index contributed by atoms with van der Waals surface area (Å²) >= 11 is 0. The number of hydrogen-bond acceptors (Lipinski definition) is 6. The Hall–Kier alpha value is -1.69. The van der Waals surface area contributed by atoms with E-state index in [9.17, 15) is 4.79 Å². The van der Waals surface area contributed by atoms with E-state index in [2.05, 4.69) is 15.3 Å².